The van der Waals surface area contributed by atoms with Gasteiger partial charge >= 0.3 is 0 Å². The summed E-state index contributed by atoms with van der Waals surface area (Å²) in [5.41, 5.74) is 0. The maximum absolute atomic E-state index is 12.6. The molecule has 0 spiro atoms. The SMILES string of the molecule is Cl.O=C(NC1CCNCC1)C1CCCCN1C(=O)c1ccco1. The zero-order valence-corrected chi connectivity index (χ0v) is 13.9. The van der Waals surface area contributed by atoms with E-state index in [0.717, 1.165) is 45.2 Å². The normalized spacial score (nSPS) is 22.3. The van der Waals surface area contributed by atoms with Gasteiger partial charge in [0.2, 0.25) is 5.91 Å². The van der Waals surface area contributed by atoms with Crippen LogP contribution in [0.3, 0.4) is 0 Å². The summed E-state index contributed by atoms with van der Waals surface area (Å²) in [5, 5.41) is 6.40. The Hall–Kier alpha value is -1.53. The fourth-order valence-corrected chi connectivity index (χ4v) is 3.25. The summed E-state index contributed by atoms with van der Waals surface area (Å²) in [5.74, 6) is 0.100. The minimum atomic E-state index is -0.374. The van der Waals surface area contributed by atoms with Crippen molar-refractivity contribution in [1.29, 1.82) is 0 Å². The van der Waals surface area contributed by atoms with E-state index in [1.165, 1.54) is 6.26 Å². The van der Waals surface area contributed by atoms with E-state index in [1.807, 2.05) is 0 Å². The van der Waals surface area contributed by atoms with Gasteiger partial charge in [0.1, 0.15) is 6.04 Å². The van der Waals surface area contributed by atoms with Gasteiger partial charge in [-0.1, -0.05) is 0 Å². The summed E-state index contributed by atoms with van der Waals surface area (Å²) in [6.45, 7) is 2.49. The highest BCUT2D eigenvalue weighted by atomic mass is 35.5. The third-order valence-corrected chi connectivity index (χ3v) is 4.48. The molecule has 2 N–H and O–H groups in total. The molecule has 3 rings (SSSR count). The molecular weight excluding hydrogens is 318 g/mol. The van der Waals surface area contributed by atoms with Crippen LogP contribution in [0.1, 0.15) is 42.7 Å². The number of furan rings is 1. The minimum Gasteiger partial charge on any atom is -0.459 e. The number of rotatable bonds is 3. The van der Waals surface area contributed by atoms with Crippen LogP contribution in [0.2, 0.25) is 0 Å². The molecule has 23 heavy (non-hydrogen) atoms. The number of hydrogen-bond donors (Lipinski definition) is 2. The second-order valence-corrected chi connectivity index (χ2v) is 6.02. The Balaban J connectivity index is 0.00000192. The highest BCUT2D eigenvalue weighted by Gasteiger charge is 2.34. The Morgan fingerprint density at radius 2 is 2.00 bits per heavy atom. The first kappa shape index (κ1) is 17.8. The lowest BCUT2D eigenvalue weighted by molar-refractivity contribution is -0.127. The quantitative estimate of drug-likeness (QED) is 0.875. The zero-order valence-electron chi connectivity index (χ0n) is 13.1. The number of halogens is 1. The van der Waals surface area contributed by atoms with Crippen molar-refractivity contribution in [3.05, 3.63) is 24.2 Å². The van der Waals surface area contributed by atoms with E-state index in [2.05, 4.69) is 10.6 Å². The molecule has 7 heteroatoms. The van der Waals surface area contributed by atoms with Gasteiger partial charge in [0.15, 0.2) is 5.76 Å². The second-order valence-electron chi connectivity index (χ2n) is 6.02. The van der Waals surface area contributed by atoms with Gasteiger partial charge in [0, 0.05) is 12.6 Å². The maximum atomic E-state index is 12.6. The first-order valence-electron chi connectivity index (χ1n) is 8.11. The van der Waals surface area contributed by atoms with E-state index in [-0.39, 0.29) is 36.3 Å². The molecule has 2 fully saturated rings. The molecule has 2 amide bonds. The number of piperidine rings is 2. The predicted octanol–water partition coefficient (Wildman–Crippen LogP) is 1.56. The average Bonchev–Trinajstić information content (AvgIpc) is 3.09. The Morgan fingerprint density at radius 1 is 1.22 bits per heavy atom. The van der Waals surface area contributed by atoms with Gasteiger partial charge in [-0.3, -0.25) is 9.59 Å². The molecule has 128 valence electrons. The topological polar surface area (TPSA) is 74.6 Å². The van der Waals surface area contributed by atoms with Crippen LogP contribution in [0.25, 0.3) is 0 Å². The Morgan fingerprint density at radius 3 is 2.70 bits per heavy atom. The monoisotopic (exact) mass is 341 g/mol. The molecule has 6 nitrogen and oxygen atoms in total. The number of carbonyl (C=O) groups is 2. The number of amides is 2. The van der Waals surface area contributed by atoms with Crippen LogP contribution in [0.15, 0.2) is 22.8 Å². The molecule has 0 saturated carbocycles. The van der Waals surface area contributed by atoms with Crippen molar-refractivity contribution in [3.63, 3.8) is 0 Å². The summed E-state index contributed by atoms with van der Waals surface area (Å²) >= 11 is 0. The molecular formula is C16H24ClN3O3. The largest absolute Gasteiger partial charge is 0.459 e. The van der Waals surface area contributed by atoms with E-state index in [9.17, 15) is 9.59 Å². The van der Waals surface area contributed by atoms with E-state index >= 15 is 0 Å². The molecule has 0 bridgehead atoms. The predicted molar refractivity (Wildman–Crippen MR) is 88.7 cm³/mol. The Labute approximate surface area is 142 Å². The maximum Gasteiger partial charge on any atom is 0.290 e. The summed E-state index contributed by atoms with van der Waals surface area (Å²) in [7, 11) is 0. The van der Waals surface area contributed by atoms with Crippen molar-refractivity contribution < 1.29 is 14.0 Å². The van der Waals surface area contributed by atoms with Gasteiger partial charge in [-0.15, -0.1) is 12.4 Å². The lowest BCUT2D eigenvalue weighted by atomic mass is 9.99. The molecule has 1 aromatic heterocycles. The second kappa shape index (κ2) is 8.36. The van der Waals surface area contributed by atoms with Gasteiger partial charge in [0.05, 0.1) is 6.26 Å². The van der Waals surface area contributed by atoms with Gasteiger partial charge in [-0.2, -0.15) is 0 Å². The van der Waals surface area contributed by atoms with Crippen molar-refractivity contribution in [2.75, 3.05) is 19.6 Å². The molecule has 0 aromatic carbocycles. The van der Waals surface area contributed by atoms with E-state index in [1.54, 1.807) is 17.0 Å². The third kappa shape index (κ3) is 4.26. The smallest absolute Gasteiger partial charge is 0.290 e. The molecule has 0 aliphatic carbocycles. The van der Waals surface area contributed by atoms with Crippen molar-refractivity contribution in [2.45, 2.75) is 44.2 Å². The molecule has 1 unspecified atom stereocenters. The van der Waals surface area contributed by atoms with Crippen molar-refractivity contribution in [2.24, 2.45) is 0 Å². The van der Waals surface area contributed by atoms with Gasteiger partial charge in [0.25, 0.3) is 5.91 Å². The minimum absolute atomic E-state index is 0. The first-order chi connectivity index (χ1) is 10.8. The van der Waals surface area contributed by atoms with Crippen LogP contribution in [-0.4, -0.2) is 48.4 Å². The first-order valence-corrected chi connectivity index (χ1v) is 8.11. The molecule has 2 saturated heterocycles. The van der Waals surface area contributed by atoms with Crippen LogP contribution < -0.4 is 10.6 Å². The van der Waals surface area contributed by atoms with Crippen LogP contribution in [-0.2, 0) is 4.79 Å². The lowest BCUT2D eigenvalue weighted by Crippen LogP contribution is -2.54. The number of carbonyl (C=O) groups excluding carboxylic acids is 2. The number of likely N-dealkylation sites (tertiary alicyclic amines) is 1. The lowest BCUT2D eigenvalue weighted by Gasteiger charge is -2.35. The number of nitrogens with one attached hydrogen (secondary N) is 2. The van der Waals surface area contributed by atoms with Crippen molar-refractivity contribution in [1.82, 2.24) is 15.5 Å². The van der Waals surface area contributed by atoms with Crippen LogP contribution in [0.4, 0.5) is 0 Å². The zero-order chi connectivity index (χ0) is 15.4. The molecule has 1 aromatic rings. The fourth-order valence-electron chi connectivity index (χ4n) is 3.25. The molecule has 0 radical (unpaired) electrons. The molecule has 2 aliphatic rings. The molecule has 3 heterocycles. The highest BCUT2D eigenvalue weighted by molar-refractivity contribution is 5.95. The van der Waals surface area contributed by atoms with E-state index in [0.29, 0.717) is 12.3 Å². The molecule has 2 aliphatic heterocycles. The van der Waals surface area contributed by atoms with Crippen LogP contribution in [0.5, 0.6) is 0 Å². The van der Waals surface area contributed by atoms with Gasteiger partial charge < -0.3 is 20.0 Å². The summed E-state index contributed by atoms with van der Waals surface area (Å²) < 4.78 is 5.20. The van der Waals surface area contributed by atoms with Gasteiger partial charge in [-0.05, 0) is 57.3 Å². The van der Waals surface area contributed by atoms with Crippen molar-refractivity contribution in [3.8, 4) is 0 Å². The van der Waals surface area contributed by atoms with Crippen LogP contribution in [0, 0.1) is 0 Å². The third-order valence-electron chi connectivity index (χ3n) is 4.48. The number of hydrogen-bond acceptors (Lipinski definition) is 4. The summed E-state index contributed by atoms with van der Waals surface area (Å²) in [4.78, 5) is 26.8. The average molecular weight is 342 g/mol. The molecule has 1 atom stereocenters. The van der Waals surface area contributed by atoms with E-state index < -0.39 is 0 Å². The van der Waals surface area contributed by atoms with Gasteiger partial charge in [-0.25, -0.2) is 0 Å². The Kier molecular flexibility index (Phi) is 6.47. The van der Waals surface area contributed by atoms with E-state index in [4.69, 9.17) is 4.42 Å². The van der Waals surface area contributed by atoms with Crippen molar-refractivity contribution >= 4 is 24.2 Å². The van der Waals surface area contributed by atoms with Crippen LogP contribution >= 0.6 is 12.4 Å². The summed E-state index contributed by atoms with van der Waals surface area (Å²) in [6, 6.07) is 3.19. The Bertz CT molecular complexity index is 515. The standard InChI is InChI=1S/C16H23N3O3.ClH/c20-15(18-12-6-8-17-9-7-12)13-4-1-2-10-19(13)16(21)14-5-3-11-22-14;/h3,5,11-13,17H,1-2,4,6-10H2,(H,18,20);1H. The fraction of sp³-hybridized carbons (Fsp3) is 0.625. The summed E-state index contributed by atoms with van der Waals surface area (Å²) in [6.07, 6.45) is 6.02. The number of nitrogens with zero attached hydrogens (tertiary/aromatic N) is 1. The highest BCUT2D eigenvalue weighted by Crippen LogP contribution is 2.20.